The molecule has 0 aliphatic carbocycles. The Hall–Kier alpha value is -3.22. The maximum absolute atomic E-state index is 13.1. The predicted molar refractivity (Wildman–Crippen MR) is 101 cm³/mol. The number of methoxy groups -OCH3 is 1. The van der Waals surface area contributed by atoms with Crippen LogP contribution in [0.15, 0.2) is 53.1 Å². The van der Waals surface area contributed by atoms with E-state index in [4.69, 9.17) is 9.26 Å². The van der Waals surface area contributed by atoms with E-state index in [0.717, 1.165) is 18.6 Å². The Morgan fingerprint density at radius 2 is 1.79 bits per heavy atom. The number of carbonyl (C=O) groups excluding carboxylic acids is 1. The Labute approximate surface area is 161 Å². The van der Waals surface area contributed by atoms with Crippen LogP contribution >= 0.6 is 0 Å². The molecule has 28 heavy (non-hydrogen) atoms. The molecule has 0 atom stereocenters. The van der Waals surface area contributed by atoms with E-state index in [1.54, 1.807) is 43.5 Å². The van der Waals surface area contributed by atoms with Gasteiger partial charge in [0.2, 0.25) is 11.7 Å². The van der Waals surface area contributed by atoms with Gasteiger partial charge < -0.3 is 14.2 Å². The Morgan fingerprint density at radius 1 is 1.11 bits per heavy atom. The summed E-state index contributed by atoms with van der Waals surface area (Å²) in [6.07, 6.45) is 1.51. The fourth-order valence-electron chi connectivity index (χ4n) is 3.36. The van der Waals surface area contributed by atoms with Crippen molar-refractivity contribution in [1.29, 1.82) is 0 Å². The van der Waals surface area contributed by atoms with Crippen molar-refractivity contribution in [2.24, 2.45) is 0 Å². The van der Waals surface area contributed by atoms with Crippen LogP contribution in [0, 0.1) is 5.82 Å². The van der Waals surface area contributed by atoms with Gasteiger partial charge in [-0.15, -0.1) is 0 Å². The van der Waals surface area contributed by atoms with E-state index in [2.05, 4.69) is 10.1 Å². The van der Waals surface area contributed by atoms with Crippen LogP contribution < -0.4 is 4.74 Å². The zero-order chi connectivity index (χ0) is 19.5. The lowest BCUT2D eigenvalue weighted by Gasteiger charge is -2.30. The van der Waals surface area contributed by atoms with E-state index in [1.165, 1.54) is 12.1 Å². The summed E-state index contributed by atoms with van der Waals surface area (Å²) in [6, 6.07) is 13.1. The van der Waals surface area contributed by atoms with Crippen molar-refractivity contribution < 1.29 is 18.4 Å². The molecule has 7 heteroatoms. The molecule has 1 aliphatic heterocycles. The Bertz CT molecular complexity index is 946. The summed E-state index contributed by atoms with van der Waals surface area (Å²) in [7, 11) is 1.60. The fraction of sp³-hybridized carbons (Fsp3) is 0.286. The summed E-state index contributed by atoms with van der Waals surface area (Å²) >= 11 is 0. The van der Waals surface area contributed by atoms with Crippen LogP contribution in [0.5, 0.6) is 5.75 Å². The van der Waals surface area contributed by atoms with Crippen LogP contribution in [0.1, 0.15) is 35.0 Å². The number of aromatic nitrogens is 2. The maximum Gasteiger partial charge on any atom is 0.253 e. The fourth-order valence-corrected chi connectivity index (χ4v) is 3.36. The summed E-state index contributed by atoms with van der Waals surface area (Å²) in [5.41, 5.74) is 1.36. The Morgan fingerprint density at radius 3 is 2.43 bits per heavy atom. The number of carbonyl (C=O) groups is 1. The number of amides is 1. The maximum atomic E-state index is 13.1. The van der Waals surface area contributed by atoms with Gasteiger partial charge in [-0.2, -0.15) is 4.98 Å². The average Bonchev–Trinajstić information content (AvgIpc) is 3.24. The van der Waals surface area contributed by atoms with Gasteiger partial charge in [-0.3, -0.25) is 4.79 Å². The third kappa shape index (κ3) is 3.74. The second-order valence-corrected chi connectivity index (χ2v) is 6.76. The first-order valence-corrected chi connectivity index (χ1v) is 9.17. The summed E-state index contributed by atoms with van der Waals surface area (Å²) in [4.78, 5) is 19.0. The molecule has 2 aromatic carbocycles. The second kappa shape index (κ2) is 7.80. The molecule has 0 spiro atoms. The van der Waals surface area contributed by atoms with Gasteiger partial charge in [0.15, 0.2) is 0 Å². The van der Waals surface area contributed by atoms with Gasteiger partial charge in [-0.05, 0) is 61.4 Å². The summed E-state index contributed by atoms with van der Waals surface area (Å²) in [5.74, 6) is 1.56. The zero-order valence-corrected chi connectivity index (χ0v) is 15.5. The molecule has 1 aliphatic rings. The number of hydrogen-bond donors (Lipinski definition) is 0. The summed E-state index contributed by atoms with van der Waals surface area (Å²) in [5, 5.41) is 4.01. The number of likely N-dealkylation sites (tertiary alicyclic amines) is 1. The highest BCUT2D eigenvalue weighted by molar-refractivity contribution is 5.94. The molecule has 144 valence electrons. The first-order chi connectivity index (χ1) is 13.6. The van der Waals surface area contributed by atoms with Crippen LogP contribution in [0.2, 0.25) is 0 Å². The summed E-state index contributed by atoms with van der Waals surface area (Å²) in [6.45, 7) is 1.26. The molecule has 2 heterocycles. The molecule has 1 amide bonds. The smallest absolute Gasteiger partial charge is 0.253 e. The van der Waals surface area contributed by atoms with Gasteiger partial charge in [0.25, 0.3) is 5.91 Å². The molecule has 3 aromatic rings. The van der Waals surface area contributed by atoms with E-state index >= 15 is 0 Å². The number of benzene rings is 2. The molecular formula is C21H20FN3O3. The molecule has 1 saturated heterocycles. The van der Waals surface area contributed by atoms with Crippen molar-refractivity contribution >= 4 is 5.91 Å². The zero-order valence-electron chi connectivity index (χ0n) is 15.5. The van der Waals surface area contributed by atoms with Gasteiger partial charge in [-0.1, -0.05) is 5.16 Å². The molecule has 0 radical (unpaired) electrons. The number of nitrogens with zero attached hydrogens (tertiary/aromatic N) is 3. The van der Waals surface area contributed by atoms with E-state index in [9.17, 15) is 9.18 Å². The highest BCUT2D eigenvalue weighted by atomic mass is 19.1. The minimum Gasteiger partial charge on any atom is -0.497 e. The quantitative estimate of drug-likeness (QED) is 0.686. The van der Waals surface area contributed by atoms with Gasteiger partial charge in [0.05, 0.1) is 7.11 Å². The highest BCUT2D eigenvalue weighted by Gasteiger charge is 2.28. The number of piperidine rings is 1. The standard InChI is InChI=1S/C21H20FN3O3/c1-27-18-8-4-16(5-9-18)21(26)25-12-10-15(11-13-25)20-23-19(24-28-20)14-2-6-17(22)7-3-14/h2-9,15H,10-13H2,1H3. The van der Waals surface area contributed by atoms with Gasteiger partial charge in [0.1, 0.15) is 11.6 Å². The number of hydrogen-bond acceptors (Lipinski definition) is 5. The minimum absolute atomic E-state index is 0.0126. The van der Waals surface area contributed by atoms with Crippen LogP contribution in [0.4, 0.5) is 4.39 Å². The van der Waals surface area contributed by atoms with E-state index in [-0.39, 0.29) is 17.6 Å². The normalized spacial score (nSPS) is 14.9. The van der Waals surface area contributed by atoms with Gasteiger partial charge >= 0.3 is 0 Å². The van der Waals surface area contributed by atoms with Crippen LogP contribution in [0.3, 0.4) is 0 Å². The molecule has 0 bridgehead atoms. The van der Waals surface area contributed by atoms with Gasteiger partial charge in [0, 0.05) is 30.1 Å². The monoisotopic (exact) mass is 381 g/mol. The predicted octanol–water partition coefficient (Wildman–Crippen LogP) is 3.90. The molecule has 0 saturated carbocycles. The molecule has 0 N–H and O–H groups in total. The average molecular weight is 381 g/mol. The van der Waals surface area contributed by atoms with E-state index in [0.29, 0.717) is 35.9 Å². The number of rotatable bonds is 4. The van der Waals surface area contributed by atoms with Crippen LogP contribution in [-0.4, -0.2) is 41.1 Å². The lowest BCUT2D eigenvalue weighted by molar-refractivity contribution is 0.0704. The van der Waals surface area contributed by atoms with E-state index in [1.807, 2.05) is 4.90 Å². The van der Waals surface area contributed by atoms with Crippen molar-refractivity contribution in [1.82, 2.24) is 15.0 Å². The third-order valence-electron chi connectivity index (χ3n) is 5.01. The van der Waals surface area contributed by atoms with E-state index < -0.39 is 0 Å². The molecule has 0 unspecified atom stereocenters. The second-order valence-electron chi connectivity index (χ2n) is 6.76. The lowest BCUT2D eigenvalue weighted by Crippen LogP contribution is -2.37. The van der Waals surface area contributed by atoms with Crippen molar-refractivity contribution in [3.63, 3.8) is 0 Å². The largest absolute Gasteiger partial charge is 0.497 e. The molecule has 4 rings (SSSR count). The molecule has 6 nitrogen and oxygen atoms in total. The first kappa shape index (κ1) is 18.2. The lowest BCUT2D eigenvalue weighted by atomic mass is 9.96. The van der Waals surface area contributed by atoms with Crippen molar-refractivity contribution in [2.45, 2.75) is 18.8 Å². The van der Waals surface area contributed by atoms with Crippen molar-refractivity contribution in [2.75, 3.05) is 20.2 Å². The van der Waals surface area contributed by atoms with Crippen LogP contribution in [0.25, 0.3) is 11.4 Å². The number of ether oxygens (including phenoxy) is 1. The van der Waals surface area contributed by atoms with Gasteiger partial charge in [-0.25, -0.2) is 4.39 Å². The molecule has 1 fully saturated rings. The van der Waals surface area contributed by atoms with Crippen molar-refractivity contribution in [3.8, 4) is 17.1 Å². The topological polar surface area (TPSA) is 68.5 Å². The SMILES string of the molecule is COc1ccc(C(=O)N2CCC(c3nc(-c4ccc(F)cc4)no3)CC2)cc1. The summed E-state index contributed by atoms with van der Waals surface area (Å²) < 4.78 is 23.6. The highest BCUT2D eigenvalue weighted by Crippen LogP contribution is 2.29. The third-order valence-corrected chi connectivity index (χ3v) is 5.01. The van der Waals surface area contributed by atoms with Crippen LogP contribution in [-0.2, 0) is 0 Å². The number of halogens is 1. The Balaban J connectivity index is 1.38. The minimum atomic E-state index is -0.304. The Kier molecular flexibility index (Phi) is 5.06. The molecule has 1 aromatic heterocycles. The molecular weight excluding hydrogens is 361 g/mol. The first-order valence-electron chi connectivity index (χ1n) is 9.17. The van der Waals surface area contributed by atoms with Crippen molar-refractivity contribution in [3.05, 3.63) is 65.8 Å².